The maximum absolute atomic E-state index is 11.3. The molecular formula is C10H14O2S. The highest BCUT2D eigenvalue weighted by Crippen LogP contribution is 2.10. The third-order valence-corrected chi connectivity index (χ3v) is 2.55. The van der Waals surface area contributed by atoms with Gasteiger partial charge in [0.15, 0.2) is 0 Å². The van der Waals surface area contributed by atoms with Crippen molar-refractivity contribution >= 4 is 17.3 Å². The molecule has 0 aliphatic carbocycles. The summed E-state index contributed by atoms with van der Waals surface area (Å²) in [4.78, 5) is 11.9. The Labute approximate surface area is 82.5 Å². The molecular weight excluding hydrogens is 184 g/mol. The minimum absolute atomic E-state index is 0.189. The Morgan fingerprint density at radius 3 is 3.00 bits per heavy atom. The molecule has 0 saturated carbocycles. The van der Waals surface area contributed by atoms with Crippen LogP contribution in [0.25, 0.3) is 0 Å². The van der Waals surface area contributed by atoms with E-state index in [1.54, 1.807) is 6.07 Å². The quantitative estimate of drug-likeness (QED) is 0.537. The van der Waals surface area contributed by atoms with Gasteiger partial charge in [-0.1, -0.05) is 25.8 Å². The molecule has 0 atom stereocenters. The van der Waals surface area contributed by atoms with Crippen molar-refractivity contribution in [1.82, 2.24) is 0 Å². The number of rotatable bonds is 5. The zero-order valence-corrected chi connectivity index (χ0v) is 8.60. The van der Waals surface area contributed by atoms with Gasteiger partial charge in [0.2, 0.25) is 0 Å². The van der Waals surface area contributed by atoms with E-state index in [4.69, 9.17) is 4.74 Å². The molecule has 1 aromatic rings. The van der Waals surface area contributed by atoms with Crippen LogP contribution in [0.3, 0.4) is 0 Å². The Morgan fingerprint density at radius 1 is 1.54 bits per heavy atom. The number of carbonyl (C=O) groups excluding carboxylic acids is 1. The predicted molar refractivity (Wildman–Crippen MR) is 54.1 cm³/mol. The van der Waals surface area contributed by atoms with Gasteiger partial charge in [-0.2, -0.15) is 0 Å². The molecule has 0 fully saturated rings. The molecule has 1 rings (SSSR count). The first-order valence-corrected chi connectivity index (χ1v) is 5.43. The normalized spacial score (nSPS) is 9.92. The lowest BCUT2D eigenvalue weighted by Gasteiger charge is -2.01. The highest BCUT2D eigenvalue weighted by molar-refractivity contribution is 7.11. The molecule has 0 amide bonds. The Bertz CT molecular complexity index is 241. The van der Waals surface area contributed by atoms with Gasteiger partial charge in [0.1, 0.15) is 4.88 Å². The maximum Gasteiger partial charge on any atom is 0.348 e. The predicted octanol–water partition coefficient (Wildman–Crippen LogP) is 3.10. The van der Waals surface area contributed by atoms with Gasteiger partial charge < -0.3 is 4.74 Å². The van der Waals surface area contributed by atoms with Gasteiger partial charge in [-0.3, -0.25) is 0 Å². The van der Waals surface area contributed by atoms with Gasteiger partial charge in [-0.15, -0.1) is 11.3 Å². The van der Waals surface area contributed by atoms with Crippen LogP contribution in [0.15, 0.2) is 17.5 Å². The molecule has 0 aliphatic heterocycles. The monoisotopic (exact) mass is 198 g/mol. The van der Waals surface area contributed by atoms with Crippen molar-refractivity contribution < 1.29 is 9.53 Å². The number of esters is 1. The van der Waals surface area contributed by atoms with Gasteiger partial charge >= 0.3 is 5.97 Å². The summed E-state index contributed by atoms with van der Waals surface area (Å²) in [6.07, 6.45) is 3.24. The molecule has 0 saturated heterocycles. The molecule has 2 nitrogen and oxygen atoms in total. The number of carbonyl (C=O) groups is 1. The molecule has 0 N–H and O–H groups in total. The van der Waals surface area contributed by atoms with Crippen molar-refractivity contribution in [2.45, 2.75) is 26.2 Å². The minimum atomic E-state index is -0.189. The first-order valence-electron chi connectivity index (χ1n) is 4.55. The Morgan fingerprint density at radius 2 is 2.38 bits per heavy atom. The first-order chi connectivity index (χ1) is 6.34. The number of hydrogen-bond donors (Lipinski definition) is 0. The largest absolute Gasteiger partial charge is 0.462 e. The zero-order valence-electron chi connectivity index (χ0n) is 7.79. The van der Waals surface area contributed by atoms with Gasteiger partial charge in [-0.25, -0.2) is 4.79 Å². The first kappa shape index (κ1) is 10.3. The van der Waals surface area contributed by atoms with Gasteiger partial charge in [0.05, 0.1) is 6.61 Å². The van der Waals surface area contributed by atoms with Crippen molar-refractivity contribution in [2.24, 2.45) is 0 Å². The van der Waals surface area contributed by atoms with Crippen LogP contribution in [0, 0.1) is 0 Å². The third kappa shape index (κ3) is 3.59. The lowest BCUT2D eigenvalue weighted by Crippen LogP contribution is -2.04. The number of unbranched alkanes of at least 4 members (excludes halogenated alkanes) is 2. The van der Waals surface area contributed by atoms with Crippen LogP contribution in [0.1, 0.15) is 35.9 Å². The molecule has 72 valence electrons. The molecule has 0 unspecified atom stereocenters. The van der Waals surface area contributed by atoms with E-state index in [2.05, 4.69) is 6.92 Å². The fourth-order valence-corrected chi connectivity index (χ4v) is 1.60. The highest BCUT2D eigenvalue weighted by Gasteiger charge is 2.06. The topological polar surface area (TPSA) is 26.3 Å². The average Bonchev–Trinajstić information content (AvgIpc) is 2.65. The molecule has 13 heavy (non-hydrogen) atoms. The second-order valence-corrected chi connectivity index (χ2v) is 3.77. The van der Waals surface area contributed by atoms with Crippen LogP contribution in [0.5, 0.6) is 0 Å². The zero-order chi connectivity index (χ0) is 9.52. The summed E-state index contributed by atoms with van der Waals surface area (Å²) in [5, 5.41) is 1.88. The van der Waals surface area contributed by atoms with Gasteiger partial charge in [0, 0.05) is 0 Å². The Hall–Kier alpha value is -0.830. The van der Waals surface area contributed by atoms with Gasteiger partial charge in [0.25, 0.3) is 0 Å². The number of hydrogen-bond acceptors (Lipinski definition) is 3. The van der Waals surface area contributed by atoms with Crippen molar-refractivity contribution in [1.29, 1.82) is 0 Å². The summed E-state index contributed by atoms with van der Waals surface area (Å²) < 4.78 is 5.06. The summed E-state index contributed by atoms with van der Waals surface area (Å²) in [5.74, 6) is -0.189. The van der Waals surface area contributed by atoms with Crippen molar-refractivity contribution in [3.05, 3.63) is 22.4 Å². The molecule has 3 heteroatoms. The summed E-state index contributed by atoms with van der Waals surface area (Å²) in [6, 6.07) is 3.64. The summed E-state index contributed by atoms with van der Waals surface area (Å²) >= 11 is 1.42. The molecule has 0 radical (unpaired) electrons. The van der Waals surface area contributed by atoms with E-state index >= 15 is 0 Å². The van der Waals surface area contributed by atoms with Crippen molar-refractivity contribution in [2.75, 3.05) is 6.61 Å². The molecule has 1 heterocycles. The summed E-state index contributed by atoms with van der Waals surface area (Å²) in [7, 11) is 0. The minimum Gasteiger partial charge on any atom is -0.462 e. The molecule has 1 aromatic heterocycles. The smallest absolute Gasteiger partial charge is 0.348 e. The van der Waals surface area contributed by atoms with E-state index in [0.717, 1.165) is 19.3 Å². The summed E-state index contributed by atoms with van der Waals surface area (Å²) in [6.45, 7) is 2.67. The molecule has 0 aliphatic rings. The lowest BCUT2D eigenvalue weighted by molar-refractivity contribution is 0.0504. The highest BCUT2D eigenvalue weighted by atomic mass is 32.1. The van der Waals surface area contributed by atoms with E-state index in [-0.39, 0.29) is 5.97 Å². The van der Waals surface area contributed by atoms with Crippen molar-refractivity contribution in [3.63, 3.8) is 0 Å². The van der Waals surface area contributed by atoms with Crippen LogP contribution in [-0.4, -0.2) is 12.6 Å². The van der Waals surface area contributed by atoms with Crippen LogP contribution in [0.4, 0.5) is 0 Å². The maximum atomic E-state index is 11.3. The van der Waals surface area contributed by atoms with E-state index < -0.39 is 0 Å². The fourth-order valence-electron chi connectivity index (χ4n) is 0.983. The van der Waals surface area contributed by atoms with E-state index in [1.165, 1.54) is 11.3 Å². The fraction of sp³-hybridized carbons (Fsp3) is 0.500. The lowest BCUT2D eigenvalue weighted by atomic mass is 10.3. The van der Waals surface area contributed by atoms with Crippen LogP contribution in [0.2, 0.25) is 0 Å². The van der Waals surface area contributed by atoms with Crippen LogP contribution >= 0.6 is 11.3 Å². The Balaban J connectivity index is 2.19. The van der Waals surface area contributed by atoms with Crippen LogP contribution < -0.4 is 0 Å². The second kappa shape index (κ2) is 5.75. The number of ether oxygens (including phenoxy) is 1. The molecule has 0 bridgehead atoms. The number of thiophene rings is 1. The molecule has 0 spiro atoms. The van der Waals surface area contributed by atoms with Crippen molar-refractivity contribution in [3.8, 4) is 0 Å². The standard InChI is InChI=1S/C10H14O2S/c1-2-3-4-7-12-10(11)9-6-5-8-13-9/h5-6,8H,2-4,7H2,1H3. The van der Waals surface area contributed by atoms with Gasteiger partial charge in [-0.05, 0) is 17.9 Å². The SMILES string of the molecule is CCCCCOC(=O)c1cccs1. The second-order valence-electron chi connectivity index (χ2n) is 2.82. The third-order valence-electron chi connectivity index (χ3n) is 1.70. The Kier molecular flexibility index (Phi) is 4.54. The van der Waals surface area contributed by atoms with E-state index in [0.29, 0.717) is 11.5 Å². The van der Waals surface area contributed by atoms with Crippen LogP contribution in [-0.2, 0) is 4.74 Å². The van der Waals surface area contributed by atoms with E-state index in [9.17, 15) is 4.79 Å². The van der Waals surface area contributed by atoms with E-state index in [1.807, 2.05) is 11.4 Å². The average molecular weight is 198 g/mol. The molecule has 0 aromatic carbocycles. The summed E-state index contributed by atoms with van der Waals surface area (Å²) in [5.41, 5.74) is 0.